The highest BCUT2D eigenvalue weighted by Gasteiger charge is 2.18. The lowest BCUT2D eigenvalue weighted by Crippen LogP contribution is -2.39. The van der Waals surface area contributed by atoms with Crippen molar-refractivity contribution < 1.29 is 9.59 Å². The Bertz CT molecular complexity index is 697. The number of benzene rings is 1. The predicted molar refractivity (Wildman–Crippen MR) is 98.0 cm³/mol. The molecular weight excluding hydrogens is 376 g/mol. The number of carbonyl (C=O) groups is 2. The summed E-state index contributed by atoms with van der Waals surface area (Å²) < 4.78 is 1.09. The van der Waals surface area contributed by atoms with Gasteiger partial charge in [-0.1, -0.05) is 0 Å². The van der Waals surface area contributed by atoms with Crippen LogP contribution in [0.1, 0.15) is 29.1 Å². The fourth-order valence-electron chi connectivity index (χ4n) is 2.05. The summed E-state index contributed by atoms with van der Waals surface area (Å²) >= 11 is 5.11. The average Bonchev–Trinajstić information content (AvgIpc) is 2.92. The van der Waals surface area contributed by atoms with Crippen molar-refractivity contribution in [3.8, 4) is 0 Å². The number of nitrogens with zero attached hydrogens (tertiary/aromatic N) is 1. The maximum Gasteiger partial charge on any atom is 0.241 e. The third-order valence-corrected chi connectivity index (χ3v) is 5.24. The Labute approximate surface area is 148 Å². The molecule has 0 aliphatic heterocycles. The zero-order valence-electron chi connectivity index (χ0n) is 13.3. The molecule has 0 spiro atoms. The molecule has 2 rings (SSSR count). The Morgan fingerprint density at radius 3 is 2.39 bits per heavy atom. The summed E-state index contributed by atoms with van der Waals surface area (Å²) in [7, 11) is 1.93. The Morgan fingerprint density at radius 2 is 1.87 bits per heavy atom. The first-order chi connectivity index (χ1) is 10.9. The highest BCUT2D eigenvalue weighted by Crippen LogP contribution is 2.23. The quantitative estimate of drug-likeness (QED) is 0.747. The Hall–Kier alpha value is -1.50. The van der Waals surface area contributed by atoms with Crippen molar-refractivity contribution in [3.63, 3.8) is 0 Å². The van der Waals surface area contributed by atoms with Gasteiger partial charge >= 0.3 is 0 Å². The molecule has 0 bridgehead atoms. The summed E-state index contributed by atoms with van der Waals surface area (Å²) in [6.45, 7) is 4.11. The third kappa shape index (κ3) is 4.99. The average molecular weight is 395 g/mol. The number of hydrogen-bond acceptors (Lipinski definition) is 4. The van der Waals surface area contributed by atoms with Gasteiger partial charge in [0.05, 0.1) is 9.83 Å². The van der Waals surface area contributed by atoms with Crippen LogP contribution in [0.25, 0.3) is 0 Å². The van der Waals surface area contributed by atoms with E-state index in [1.165, 1.54) is 11.8 Å². The first-order valence-corrected chi connectivity index (χ1v) is 8.84. The van der Waals surface area contributed by atoms with E-state index in [-0.39, 0.29) is 17.7 Å². The number of thiophene rings is 1. The molecule has 1 heterocycles. The summed E-state index contributed by atoms with van der Waals surface area (Å²) in [5.41, 5.74) is 1.33. The van der Waals surface area contributed by atoms with Gasteiger partial charge in [0.15, 0.2) is 5.78 Å². The van der Waals surface area contributed by atoms with Crippen LogP contribution in [-0.2, 0) is 11.3 Å². The van der Waals surface area contributed by atoms with E-state index in [4.69, 9.17) is 0 Å². The Balaban J connectivity index is 1.94. The number of hydrogen-bond donors (Lipinski definition) is 1. The minimum Gasteiger partial charge on any atom is -0.325 e. The minimum atomic E-state index is -0.261. The van der Waals surface area contributed by atoms with Crippen LogP contribution < -0.4 is 5.32 Å². The summed E-state index contributed by atoms with van der Waals surface area (Å²) in [4.78, 5) is 26.8. The van der Waals surface area contributed by atoms with Gasteiger partial charge in [-0.25, -0.2) is 0 Å². The van der Waals surface area contributed by atoms with Crippen molar-refractivity contribution in [2.24, 2.45) is 0 Å². The van der Waals surface area contributed by atoms with Crippen LogP contribution in [-0.4, -0.2) is 29.7 Å². The molecule has 0 fully saturated rings. The molecule has 0 radical (unpaired) electrons. The fourth-order valence-corrected chi connectivity index (χ4v) is 3.60. The van der Waals surface area contributed by atoms with Crippen LogP contribution in [0.4, 0.5) is 5.69 Å². The number of ketones is 1. The number of nitrogens with one attached hydrogen (secondary N) is 1. The predicted octanol–water partition coefficient (Wildman–Crippen LogP) is 4.17. The van der Waals surface area contributed by atoms with Gasteiger partial charge in [0.1, 0.15) is 0 Å². The first kappa shape index (κ1) is 17.8. The molecule has 1 aromatic heterocycles. The summed E-state index contributed by atoms with van der Waals surface area (Å²) in [6, 6.07) is 10.7. The van der Waals surface area contributed by atoms with Crippen LogP contribution in [0.3, 0.4) is 0 Å². The van der Waals surface area contributed by atoms with E-state index >= 15 is 0 Å². The summed E-state index contributed by atoms with van der Waals surface area (Å²) in [6.07, 6.45) is 0. The lowest BCUT2D eigenvalue weighted by atomic mass is 10.1. The highest BCUT2D eigenvalue weighted by molar-refractivity contribution is 9.11. The second-order valence-electron chi connectivity index (χ2n) is 5.42. The molecule has 0 aliphatic carbocycles. The molecule has 23 heavy (non-hydrogen) atoms. The van der Waals surface area contributed by atoms with Gasteiger partial charge in [0.25, 0.3) is 0 Å². The van der Waals surface area contributed by atoms with Gasteiger partial charge in [0.2, 0.25) is 5.91 Å². The molecule has 1 atom stereocenters. The lowest BCUT2D eigenvalue weighted by molar-refractivity contribution is -0.120. The standard InChI is InChI=1S/C17H19BrN2O2S/c1-11(20(3)10-15-8-9-16(18)23-15)17(22)19-14-6-4-13(5-7-14)12(2)21/h4-9,11H,10H2,1-3H3,(H,19,22)/t11-/m0/s1. The number of rotatable bonds is 6. The molecule has 1 aromatic carbocycles. The van der Waals surface area contributed by atoms with Crippen molar-refractivity contribution in [1.82, 2.24) is 4.90 Å². The van der Waals surface area contributed by atoms with Gasteiger partial charge < -0.3 is 5.32 Å². The molecule has 1 N–H and O–H groups in total. The number of amides is 1. The zero-order chi connectivity index (χ0) is 17.0. The van der Waals surface area contributed by atoms with E-state index in [0.717, 1.165) is 3.79 Å². The number of anilines is 1. The van der Waals surface area contributed by atoms with Crippen LogP contribution in [0.5, 0.6) is 0 Å². The molecule has 2 aromatic rings. The molecule has 122 valence electrons. The van der Waals surface area contributed by atoms with Gasteiger partial charge in [-0.2, -0.15) is 0 Å². The highest BCUT2D eigenvalue weighted by atomic mass is 79.9. The van der Waals surface area contributed by atoms with Gasteiger partial charge in [-0.15, -0.1) is 11.3 Å². The topological polar surface area (TPSA) is 49.4 Å². The molecule has 6 heteroatoms. The largest absolute Gasteiger partial charge is 0.325 e. The second kappa shape index (κ2) is 7.86. The third-order valence-electron chi connectivity index (χ3n) is 3.63. The van der Waals surface area contributed by atoms with E-state index in [9.17, 15) is 9.59 Å². The van der Waals surface area contributed by atoms with Crippen LogP contribution in [0.15, 0.2) is 40.2 Å². The Kier molecular flexibility index (Phi) is 6.10. The van der Waals surface area contributed by atoms with Crippen molar-refractivity contribution in [2.45, 2.75) is 26.4 Å². The first-order valence-electron chi connectivity index (χ1n) is 7.23. The van der Waals surface area contributed by atoms with Gasteiger partial charge in [-0.05, 0) is 73.2 Å². The van der Waals surface area contributed by atoms with Crippen molar-refractivity contribution in [1.29, 1.82) is 0 Å². The number of Topliss-reactive ketones (excluding diaryl/α,β-unsaturated/α-hetero) is 1. The van der Waals surface area contributed by atoms with Crippen LogP contribution in [0, 0.1) is 0 Å². The smallest absolute Gasteiger partial charge is 0.241 e. The minimum absolute atomic E-state index is 0.0121. The van der Waals surface area contributed by atoms with E-state index in [1.807, 2.05) is 24.9 Å². The van der Waals surface area contributed by atoms with E-state index in [2.05, 4.69) is 27.3 Å². The van der Waals surface area contributed by atoms with Gasteiger partial charge in [0, 0.05) is 22.7 Å². The van der Waals surface area contributed by atoms with E-state index < -0.39 is 0 Å². The Morgan fingerprint density at radius 1 is 1.22 bits per heavy atom. The SMILES string of the molecule is CC(=O)c1ccc(NC(=O)[C@H](C)N(C)Cc2ccc(Br)s2)cc1. The molecular formula is C17H19BrN2O2S. The molecule has 0 saturated heterocycles. The number of likely N-dealkylation sites (N-methyl/N-ethyl adjacent to an activating group) is 1. The van der Waals surface area contributed by atoms with E-state index in [0.29, 0.717) is 17.8 Å². The normalized spacial score (nSPS) is 12.2. The van der Waals surface area contributed by atoms with Crippen molar-refractivity contribution in [2.75, 3.05) is 12.4 Å². The zero-order valence-corrected chi connectivity index (χ0v) is 15.7. The van der Waals surface area contributed by atoms with Crippen molar-refractivity contribution >= 4 is 44.6 Å². The number of halogens is 1. The van der Waals surface area contributed by atoms with Crippen LogP contribution in [0.2, 0.25) is 0 Å². The molecule has 0 unspecified atom stereocenters. The summed E-state index contributed by atoms with van der Waals surface area (Å²) in [5, 5.41) is 2.88. The lowest BCUT2D eigenvalue weighted by Gasteiger charge is -2.23. The van der Waals surface area contributed by atoms with E-state index in [1.54, 1.807) is 35.6 Å². The second-order valence-corrected chi connectivity index (χ2v) is 7.97. The molecule has 0 aliphatic rings. The maximum atomic E-state index is 12.3. The van der Waals surface area contributed by atoms with Crippen molar-refractivity contribution in [3.05, 3.63) is 50.6 Å². The van der Waals surface area contributed by atoms with Crippen LogP contribution >= 0.6 is 27.3 Å². The monoisotopic (exact) mass is 394 g/mol. The fraction of sp³-hybridized carbons (Fsp3) is 0.294. The molecule has 0 saturated carbocycles. The van der Waals surface area contributed by atoms with Gasteiger partial charge in [-0.3, -0.25) is 14.5 Å². The molecule has 1 amide bonds. The molecule has 4 nitrogen and oxygen atoms in total. The summed E-state index contributed by atoms with van der Waals surface area (Å²) in [5.74, 6) is -0.0585. The maximum absolute atomic E-state index is 12.3. The number of carbonyl (C=O) groups excluding carboxylic acids is 2.